The number of nitrogens with one attached hydrogen (secondary N) is 1. The van der Waals surface area contributed by atoms with Crippen molar-refractivity contribution in [3.8, 4) is 0 Å². The SMILES string of the molecule is CCCCNc1nc2c(s1)C[C@@]1(C)CC[C@@H]([C@H](C)C(=O)N3CCOCC3)[C@H](O)[C@H]1[C@@H]2C. The number of hydrogen-bond donors (Lipinski definition) is 2. The Morgan fingerprint density at radius 1 is 1.42 bits per heavy atom. The number of nitrogens with zero attached hydrogens (tertiary/aromatic N) is 2. The highest BCUT2D eigenvalue weighted by atomic mass is 32.1. The van der Waals surface area contributed by atoms with Crippen molar-refractivity contribution >= 4 is 22.4 Å². The van der Waals surface area contributed by atoms with Gasteiger partial charge < -0.3 is 20.1 Å². The molecule has 31 heavy (non-hydrogen) atoms. The second kappa shape index (κ2) is 9.36. The molecule has 1 saturated carbocycles. The molecular formula is C24H39N3O3S. The standard InChI is InChI=1S/C24H39N3O3S/c1-5-6-9-25-23-26-20-16(3)19-21(28)17(7-8-24(19,4)14-18(20)31-23)15(2)22(29)27-10-12-30-13-11-27/h15-17,19,21,28H,5-14H2,1-4H3,(H,25,26)/t15-,16-,17-,19+,21-,24+/m0/s1. The van der Waals surface area contributed by atoms with E-state index in [1.54, 1.807) is 11.3 Å². The number of ether oxygens (including phenoxy) is 1. The summed E-state index contributed by atoms with van der Waals surface area (Å²) in [6.07, 6.45) is 4.80. The molecule has 1 saturated heterocycles. The minimum Gasteiger partial charge on any atom is -0.392 e. The first-order valence-electron chi connectivity index (χ1n) is 12.1. The summed E-state index contributed by atoms with van der Waals surface area (Å²) < 4.78 is 5.41. The van der Waals surface area contributed by atoms with Crippen LogP contribution in [-0.4, -0.2) is 59.8 Å². The van der Waals surface area contributed by atoms with Crippen LogP contribution in [0.3, 0.4) is 0 Å². The minimum absolute atomic E-state index is 0.0122. The molecule has 1 amide bonds. The van der Waals surface area contributed by atoms with E-state index in [0.717, 1.165) is 37.4 Å². The average molecular weight is 450 g/mol. The fourth-order valence-corrected chi connectivity index (χ4v) is 7.54. The van der Waals surface area contributed by atoms with Crippen LogP contribution in [0.4, 0.5) is 5.13 Å². The van der Waals surface area contributed by atoms with Gasteiger partial charge in [0.2, 0.25) is 5.91 Å². The fourth-order valence-electron chi connectivity index (χ4n) is 6.25. The lowest BCUT2D eigenvalue weighted by atomic mass is 9.53. The number of hydrogen-bond acceptors (Lipinski definition) is 6. The number of aliphatic hydroxyl groups is 1. The third-order valence-electron chi connectivity index (χ3n) is 8.08. The van der Waals surface area contributed by atoms with E-state index in [0.29, 0.717) is 26.3 Å². The van der Waals surface area contributed by atoms with Gasteiger partial charge in [0.05, 0.1) is 25.0 Å². The van der Waals surface area contributed by atoms with Crippen LogP contribution in [0.2, 0.25) is 0 Å². The number of morpholine rings is 1. The third-order valence-corrected chi connectivity index (χ3v) is 9.11. The Bertz CT molecular complexity index is 778. The van der Waals surface area contributed by atoms with Gasteiger partial charge in [0.15, 0.2) is 5.13 Å². The summed E-state index contributed by atoms with van der Waals surface area (Å²) in [4.78, 5) is 21.4. The number of carbonyl (C=O) groups is 1. The van der Waals surface area contributed by atoms with Crippen LogP contribution in [0.1, 0.15) is 69.9 Å². The van der Waals surface area contributed by atoms with E-state index in [-0.39, 0.29) is 35.0 Å². The highest BCUT2D eigenvalue weighted by Gasteiger charge is 2.54. The molecule has 0 unspecified atom stereocenters. The number of fused-ring (bicyclic) bond motifs is 2. The molecule has 2 heterocycles. The molecule has 0 radical (unpaired) electrons. The summed E-state index contributed by atoms with van der Waals surface area (Å²) in [5, 5.41) is 16.1. The van der Waals surface area contributed by atoms with Crippen molar-refractivity contribution in [2.75, 3.05) is 38.2 Å². The Hall–Kier alpha value is -1.18. The topological polar surface area (TPSA) is 74.7 Å². The van der Waals surface area contributed by atoms with Gasteiger partial charge in [-0.2, -0.15) is 0 Å². The smallest absolute Gasteiger partial charge is 0.225 e. The summed E-state index contributed by atoms with van der Waals surface area (Å²) in [6.45, 7) is 12.3. The third kappa shape index (κ3) is 4.38. The zero-order valence-corrected chi connectivity index (χ0v) is 20.3. The molecule has 2 N–H and O–H groups in total. The zero-order chi connectivity index (χ0) is 22.2. The van der Waals surface area contributed by atoms with Crippen molar-refractivity contribution < 1.29 is 14.6 Å². The van der Waals surface area contributed by atoms with E-state index >= 15 is 0 Å². The monoisotopic (exact) mass is 449 g/mol. The summed E-state index contributed by atoms with van der Waals surface area (Å²) in [7, 11) is 0. The van der Waals surface area contributed by atoms with Gasteiger partial charge in [-0.3, -0.25) is 4.79 Å². The number of unbranched alkanes of at least 4 members (excludes halogenated alkanes) is 1. The second-order valence-corrected chi connectivity index (χ2v) is 11.3. The van der Waals surface area contributed by atoms with Gasteiger partial charge in [-0.05, 0) is 42.9 Å². The predicted octanol–water partition coefficient (Wildman–Crippen LogP) is 3.90. The highest BCUT2D eigenvalue weighted by Crippen LogP contribution is 2.57. The van der Waals surface area contributed by atoms with Crippen LogP contribution in [0.5, 0.6) is 0 Å². The maximum absolute atomic E-state index is 13.1. The lowest BCUT2D eigenvalue weighted by Crippen LogP contribution is -2.54. The fraction of sp³-hybridized carbons (Fsp3) is 0.833. The van der Waals surface area contributed by atoms with Crippen molar-refractivity contribution in [2.24, 2.45) is 23.2 Å². The van der Waals surface area contributed by atoms with Gasteiger partial charge in [-0.1, -0.05) is 34.1 Å². The Morgan fingerprint density at radius 2 is 2.16 bits per heavy atom. The maximum atomic E-state index is 13.1. The molecule has 3 aliphatic rings. The zero-order valence-electron chi connectivity index (χ0n) is 19.5. The van der Waals surface area contributed by atoms with E-state index in [4.69, 9.17) is 9.72 Å². The number of thiazole rings is 1. The van der Waals surface area contributed by atoms with Crippen LogP contribution in [0, 0.1) is 23.2 Å². The van der Waals surface area contributed by atoms with Crippen molar-refractivity contribution in [2.45, 2.75) is 71.8 Å². The molecule has 2 fully saturated rings. The summed E-state index contributed by atoms with van der Waals surface area (Å²) in [6, 6.07) is 0. The van der Waals surface area contributed by atoms with Gasteiger partial charge in [0, 0.05) is 36.3 Å². The number of aromatic nitrogens is 1. The van der Waals surface area contributed by atoms with Crippen molar-refractivity contribution in [1.29, 1.82) is 0 Å². The molecule has 1 aromatic rings. The lowest BCUT2D eigenvalue weighted by molar-refractivity contribution is -0.148. The lowest BCUT2D eigenvalue weighted by Gasteiger charge is -2.53. The van der Waals surface area contributed by atoms with E-state index in [1.807, 2.05) is 11.8 Å². The molecule has 0 aromatic carbocycles. The molecule has 2 aliphatic carbocycles. The molecule has 174 valence electrons. The Kier molecular flexibility index (Phi) is 6.94. The summed E-state index contributed by atoms with van der Waals surface area (Å²) >= 11 is 1.80. The van der Waals surface area contributed by atoms with Crippen LogP contribution in [-0.2, 0) is 16.0 Å². The van der Waals surface area contributed by atoms with Crippen LogP contribution in [0.25, 0.3) is 0 Å². The molecule has 6 atom stereocenters. The van der Waals surface area contributed by atoms with E-state index < -0.39 is 6.10 Å². The van der Waals surface area contributed by atoms with E-state index in [2.05, 4.69) is 26.1 Å². The molecule has 1 aliphatic heterocycles. The van der Waals surface area contributed by atoms with Gasteiger partial charge in [-0.15, -0.1) is 11.3 Å². The molecule has 0 spiro atoms. The van der Waals surface area contributed by atoms with Crippen molar-refractivity contribution in [3.05, 3.63) is 10.6 Å². The summed E-state index contributed by atoms with van der Waals surface area (Å²) in [5.74, 6) is 0.377. The Labute approximate surface area is 190 Å². The molecule has 0 bridgehead atoms. The van der Waals surface area contributed by atoms with Gasteiger partial charge in [0.25, 0.3) is 0 Å². The first-order chi connectivity index (χ1) is 14.9. The van der Waals surface area contributed by atoms with Gasteiger partial charge in [0.1, 0.15) is 0 Å². The van der Waals surface area contributed by atoms with E-state index in [9.17, 15) is 9.90 Å². The number of rotatable bonds is 6. The second-order valence-electron chi connectivity index (χ2n) is 10.2. The minimum atomic E-state index is -0.472. The van der Waals surface area contributed by atoms with Crippen molar-refractivity contribution in [1.82, 2.24) is 9.88 Å². The molecule has 7 heteroatoms. The van der Waals surface area contributed by atoms with E-state index in [1.165, 1.54) is 17.0 Å². The first-order valence-corrected chi connectivity index (χ1v) is 13.0. The normalized spacial score (nSPS) is 34.0. The molecule has 6 nitrogen and oxygen atoms in total. The Morgan fingerprint density at radius 3 is 2.87 bits per heavy atom. The first kappa shape index (κ1) is 23.0. The molecule has 4 rings (SSSR count). The Balaban J connectivity index is 1.51. The number of carbonyl (C=O) groups excluding carboxylic acids is 1. The molecule has 1 aromatic heterocycles. The molecular weight excluding hydrogens is 410 g/mol. The highest BCUT2D eigenvalue weighted by molar-refractivity contribution is 7.15. The number of anilines is 1. The van der Waals surface area contributed by atoms with Gasteiger partial charge in [-0.25, -0.2) is 4.98 Å². The van der Waals surface area contributed by atoms with Gasteiger partial charge >= 0.3 is 0 Å². The van der Waals surface area contributed by atoms with Crippen molar-refractivity contribution in [3.63, 3.8) is 0 Å². The largest absolute Gasteiger partial charge is 0.392 e. The quantitative estimate of drug-likeness (QED) is 0.644. The van der Waals surface area contributed by atoms with Crippen LogP contribution >= 0.6 is 11.3 Å². The van der Waals surface area contributed by atoms with Crippen LogP contribution in [0.15, 0.2) is 0 Å². The average Bonchev–Trinajstić information content (AvgIpc) is 3.16. The van der Waals surface area contributed by atoms with Crippen LogP contribution < -0.4 is 5.32 Å². The maximum Gasteiger partial charge on any atom is 0.225 e. The number of aliphatic hydroxyl groups excluding tert-OH is 1. The predicted molar refractivity (Wildman–Crippen MR) is 125 cm³/mol. The number of amides is 1. The summed E-state index contributed by atoms with van der Waals surface area (Å²) in [5.41, 5.74) is 1.23.